The predicted octanol–water partition coefficient (Wildman–Crippen LogP) is 3.30. The Balaban J connectivity index is 1.52. The van der Waals surface area contributed by atoms with E-state index in [1.54, 1.807) is 0 Å². The van der Waals surface area contributed by atoms with Crippen molar-refractivity contribution in [1.82, 2.24) is 15.0 Å². The monoisotopic (exact) mass is 329 g/mol. The molecule has 0 bridgehead atoms. The van der Waals surface area contributed by atoms with Gasteiger partial charge in [0, 0.05) is 12.0 Å². The molecule has 0 amide bonds. The van der Waals surface area contributed by atoms with Crippen molar-refractivity contribution in [2.45, 2.75) is 45.2 Å². The number of hydrogen-bond acceptors (Lipinski definition) is 6. The molecule has 0 N–H and O–H groups in total. The Labute approximate surface area is 141 Å². The fourth-order valence-electron chi connectivity index (χ4n) is 3.41. The first kappa shape index (κ1) is 15.4. The smallest absolute Gasteiger partial charge is 0.229 e. The summed E-state index contributed by atoms with van der Waals surface area (Å²) in [6, 6.07) is 6.65. The molecule has 0 aliphatic carbocycles. The molecule has 2 aliphatic rings. The number of hydrogen-bond donors (Lipinski definition) is 0. The quantitative estimate of drug-likeness (QED) is 0.858. The van der Waals surface area contributed by atoms with Crippen LogP contribution in [0.2, 0.25) is 0 Å². The summed E-state index contributed by atoms with van der Waals surface area (Å²) >= 11 is 0. The first-order valence-corrected chi connectivity index (χ1v) is 8.67. The molecular formula is C18H23N3O3. The van der Waals surface area contributed by atoms with E-state index in [4.69, 9.17) is 14.0 Å². The lowest BCUT2D eigenvalue weighted by atomic mass is 10.0. The van der Waals surface area contributed by atoms with Gasteiger partial charge in [0.05, 0.1) is 6.54 Å². The first-order chi connectivity index (χ1) is 11.7. The third-order valence-corrected chi connectivity index (χ3v) is 4.64. The van der Waals surface area contributed by atoms with Crippen LogP contribution in [0, 0.1) is 0 Å². The number of nitrogens with zero attached hydrogens (tertiary/aromatic N) is 3. The lowest BCUT2D eigenvalue weighted by molar-refractivity contribution is 0.170. The van der Waals surface area contributed by atoms with Gasteiger partial charge in [0.1, 0.15) is 13.2 Å². The molecule has 1 atom stereocenters. The lowest BCUT2D eigenvalue weighted by Crippen LogP contribution is -2.24. The van der Waals surface area contributed by atoms with Crippen LogP contribution in [0.1, 0.15) is 55.9 Å². The second kappa shape index (κ2) is 6.43. The number of benzene rings is 1. The Morgan fingerprint density at radius 1 is 1.21 bits per heavy atom. The van der Waals surface area contributed by atoms with Gasteiger partial charge in [0.15, 0.2) is 17.3 Å². The molecule has 0 radical (unpaired) electrons. The van der Waals surface area contributed by atoms with Gasteiger partial charge in [-0.1, -0.05) is 25.1 Å². The van der Waals surface area contributed by atoms with Crippen molar-refractivity contribution in [1.29, 1.82) is 0 Å². The van der Waals surface area contributed by atoms with E-state index in [1.807, 2.05) is 6.07 Å². The number of likely N-dealkylation sites (tertiary alicyclic amines) is 1. The van der Waals surface area contributed by atoms with Gasteiger partial charge in [-0.15, -0.1) is 0 Å². The standard InChI is InChI=1S/C18H23N3O3/c1-12(2)18-19-17(20-24-18)11-21-7-3-4-14(21)13-5-6-15-16(10-13)23-9-8-22-15/h5-6,10,12,14H,3-4,7-9,11H2,1-2H3. The number of fused-ring (bicyclic) bond motifs is 1. The molecule has 3 heterocycles. The second-order valence-corrected chi connectivity index (χ2v) is 6.74. The molecule has 2 aliphatic heterocycles. The highest BCUT2D eigenvalue weighted by molar-refractivity contribution is 5.44. The molecule has 4 rings (SSSR count). The molecule has 128 valence electrons. The van der Waals surface area contributed by atoms with E-state index in [0.29, 0.717) is 25.1 Å². The van der Waals surface area contributed by atoms with Gasteiger partial charge in [-0.25, -0.2) is 0 Å². The van der Waals surface area contributed by atoms with E-state index < -0.39 is 0 Å². The minimum atomic E-state index is 0.262. The zero-order valence-corrected chi connectivity index (χ0v) is 14.2. The molecular weight excluding hydrogens is 306 g/mol. The van der Waals surface area contributed by atoms with Crippen LogP contribution in [0.5, 0.6) is 11.5 Å². The largest absolute Gasteiger partial charge is 0.486 e. The van der Waals surface area contributed by atoms with Crippen LogP contribution in [-0.2, 0) is 6.54 Å². The molecule has 1 aromatic carbocycles. The van der Waals surface area contributed by atoms with Crippen molar-refractivity contribution in [3.8, 4) is 11.5 Å². The Bertz CT molecular complexity index is 713. The van der Waals surface area contributed by atoms with E-state index in [2.05, 4.69) is 41.0 Å². The summed E-state index contributed by atoms with van der Waals surface area (Å²) in [5.41, 5.74) is 1.27. The molecule has 1 fully saturated rings. The number of rotatable bonds is 4. The predicted molar refractivity (Wildman–Crippen MR) is 88.2 cm³/mol. The minimum Gasteiger partial charge on any atom is -0.486 e. The summed E-state index contributed by atoms with van der Waals surface area (Å²) in [6.45, 7) is 7.12. The summed E-state index contributed by atoms with van der Waals surface area (Å²) in [5.74, 6) is 3.43. The highest BCUT2D eigenvalue weighted by Crippen LogP contribution is 2.38. The molecule has 6 heteroatoms. The Morgan fingerprint density at radius 2 is 2.04 bits per heavy atom. The van der Waals surface area contributed by atoms with E-state index in [1.165, 1.54) is 12.0 Å². The number of ether oxygens (including phenoxy) is 2. The Morgan fingerprint density at radius 3 is 2.83 bits per heavy atom. The zero-order chi connectivity index (χ0) is 16.5. The molecule has 6 nitrogen and oxygen atoms in total. The van der Waals surface area contributed by atoms with Crippen LogP contribution < -0.4 is 9.47 Å². The van der Waals surface area contributed by atoms with Gasteiger partial charge in [-0.05, 0) is 37.1 Å². The van der Waals surface area contributed by atoms with Crippen LogP contribution in [0.3, 0.4) is 0 Å². The molecule has 24 heavy (non-hydrogen) atoms. The maximum atomic E-state index is 5.72. The van der Waals surface area contributed by atoms with Gasteiger partial charge in [0.2, 0.25) is 5.89 Å². The molecule has 0 saturated carbocycles. The van der Waals surface area contributed by atoms with Crippen LogP contribution in [0.4, 0.5) is 0 Å². The Kier molecular flexibility index (Phi) is 4.14. The maximum Gasteiger partial charge on any atom is 0.229 e. The summed E-state index contributed by atoms with van der Waals surface area (Å²) < 4.78 is 16.7. The van der Waals surface area contributed by atoms with Crippen molar-refractivity contribution < 1.29 is 14.0 Å². The normalized spacial score (nSPS) is 20.7. The second-order valence-electron chi connectivity index (χ2n) is 6.74. The van der Waals surface area contributed by atoms with Gasteiger partial charge in [0.25, 0.3) is 0 Å². The van der Waals surface area contributed by atoms with E-state index in [9.17, 15) is 0 Å². The topological polar surface area (TPSA) is 60.6 Å². The van der Waals surface area contributed by atoms with E-state index in [-0.39, 0.29) is 5.92 Å². The van der Waals surface area contributed by atoms with Gasteiger partial charge < -0.3 is 14.0 Å². The Hall–Kier alpha value is -2.08. The van der Waals surface area contributed by atoms with Crippen molar-refractivity contribution in [2.24, 2.45) is 0 Å². The first-order valence-electron chi connectivity index (χ1n) is 8.67. The molecule has 0 spiro atoms. The molecule has 1 aromatic heterocycles. The van der Waals surface area contributed by atoms with Crippen molar-refractivity contribution in [3.05, 3.63) is 35.5 Å². The fourth-order valence-corrected chi connectivity index (χ4v) is 3.41. The summed E-state index contributed by atoms with van der Waals surface area (Å²) in [5, 5.41) is 4.13. The molecule has 2 aromatic rings. The minimum absolute atomic E-state index is 0.262. The van der Waals surface area contributed by atoms with Crippen LogP contribution in [-0.4, -0.2) is 34.8 Å². The average Bonchev–Trinajstić information content (AvgIpc) is 3.24. The van der Waals surface area contributed by atoms with E-state index >= 15 is 0 Å². The molecule has 1 saturated heterocycles. The zero-order valence-electron chi connectivity index (χ0n) is 14.2. The highest BCUT2D eigenvalue weighted by Gasteiger charge is 2.28. The van der Waals surface area contributed by atoms with Gasteiger partial charge in [-0.2, -0.15) is 4.98 Å². The van der Waals surface area contributed by atoms with E-state index in [0.717, 1.165) is 36.8 Å². The fraction of sp³-hybridized carbons (Fsp3) is 0.556. The van der Waals surface area contributed by atoms with Crippen molar-refractivity contribution in [2.75, 3.05) is 19.8 Å². The van der Waals surface area contributed by atoms with Crippen LogP contribution in [0.15, 0.2) is 22.7 Å². The molecule has 1 unspecified atom stereocenters. The van der Waals surface area contributed by atoms with Crippen LogP contribution in [0.25, 0.3) is 0 Å². The summed E-state index contributed by atoms with van der Waals surface area (Å²) in [7, 11) is 0. The maximum absolute atomic E-state index is 5.72. The summed E-state index contributed by atoms with van der Waals surface area (Å²) in [4.78, 5) is 6.92. The van der Waals surface area contributed by atoms with Crippen molar-refractivity contribution in [3.63, 3.8) is 0 Å². The third kappa shape index (κ3) is 2.98. The third-order valence-electron chi connectivity index (χ3n) is 4.64. The van der Waals surface area contributed by atoms with Crippen molar-refractivity contribution >= 4 is 0 Å². The SMILES string of the molecule is CC(C)c1nc(CN2CCCC2c2ccc3c(c2)OCCO3)no1. The number of aromatic nitrogens is 2. The summed E-state index contributed by atoms with van der Waals surface area (Å²) in [6.07, 6.45) is 2.31. The highest BCUT2D eigenvalue weighted by atomic mass is 16.6. The van der Waals surface area contributed by atoms with Crippen LogP contribution >= 0.6 is 0 Å². The van der Waals surface area contributed by atoms with Gasteiger partial charge >= 0.3 is 0 Å². The lowest BCUT2D eigenvalue weighted by Gasteiger charge is -2.25. The average molecular weight is 329 g/mol. The van der Waals surface area contributed by atoms with Gasteiger partial charge in [-0.3, -0.25) is 4.90 Å².